The second-order valence-corrected chi connectivity index (χ2v) is 5.94. The zero-order chi connectivity index (χ0) is 17.6. The molecule has 2 aromatic heterocycles. The van der Waals surface area contributed by atoms with Crippen molar-refractivity contribution >= 4 is 17.0 Å². The summed E-state index contributed by atoms with van der Waals surface area (Å²) in [5.74, 6) is 0.119. The Balaban J connectivity index is 2.10. The lowest BCUT2D eigenvalue weighted by Crippen LogP contribution is -2.57. The minimum Gasteiger partial charge on any atom is -0.394 e. The van der Waals surface area contributed by atoms with Gasteiger partial charge in [0.05, 0.1) is 12.9 Å². The Bertz CT molecular complexity index is 737. The molecule has 3 rings (SSSR count). The Morgan fingerprint density at radius 1 is 1.25 bits per heavy atom. The molecule has 6 atom stereocenters. The zero-order valence-corrected chi connectivity index (χ0v) is 12.8. The normalized spacial score (nSPS) is 37.5. The number of aromatic nitrogens is 4. The minimum atomic E-state index is -2.11. The number of hydrogen-bond donors (Lipinski definition) is 6. The van der Waals surface area contributed by atoms with Gasteiger partial charge in [0.2, 0.25) is 0 Å². The number of hydrogen-bond acceptors (Lipinski definition) is 10. The lowest BCUT2D eigenvalue weighted by molar-refractivity contribution is -0.170. The first kappa shape index (κ1) is 17.0. The van der Waals surface area contributed by atoms with Crippen molar-refractivity contribution < 1.29 is 30.3 Å². The third kappa shape index (κ3) is 2.42. The van der Waals surface area contributed by atoms with Gasteiger partial charge in [0, 0.05) is 0 Å². The van der Waals surface area contributed by atoms with E-state index in [2.05, 4.69) is 15.0 Å². The largest absolute Gasteiger partial charge is 0.394 e. The van der Waals surface area contributed by atoms with E-state index in [4.69, 9.17) is 10.5 Å². The quantitative estimate of drug-likeness (QED) is 0.332. The Morgan fingerprint density at radius 3 is 2.62 bits per heavy atom. The summed E-state index contributed by atoms with van der Waals surface area (Å²) in [5, 5.41) is 50.6. The molecule has 11 nitrogen and oxygen atoms in total. The van der Waals surface area contributed by atoms with Gasteiger partial charge in [-0.3, -0.25) is 4.57 Å². The number of nitrogens with two attached hydrogens (primary N) is 1. The number of anilines is 1. The van der Waals surface area contributed by atoms with Crippen molar-refractivity contribution in [1.29, 1.82) is 0 Å². The van der Waals surface area contributed by atoms with Crippen LogP contribution in [0.3, 0.4) is 0 Å². The number of aliphatic hydroxyl groups excluding tert-OH is 4. The van der Waals surface area contributed by atoms with E-state index in [0.717, 1.165) is 6.92 Å². The van der Waals surface area contributed by atoms with Gasteiger partial charge in [0.1, 0.15) is 41.9 Å². The van der Waals surface area contributed by atoms with E-state index in [1.165, 1.54) is 17.2 Å². The molecule has 0 radical (unpaired) electrons. The molecule has 0 spiro atoms. The maximum atomic E-state index is 10.4. The first-order chi connectivity index (χ1) is 11.3. The van der Waals surface area contributed by atoms with Crippen LogP contribution in [0.5, 0.6) is 0 Å². The standard InChI is InChI=1S/C13H19N5O6/c1-13(23)8(21)5(2-19)24-12(7(20)9(13)22)18-4-17-6-10(14)15-3-16-11(6)18/h3-5,7-9,12,19-23H,2H2,1H3,(H2,14,15,16)/t5-,7-,8-,9+,12-,13+/m1/s1. The monoisotopic (exact) mass is 341 g/mol. The highest BCUT2D eigenvalue weighted by Crippen LogP contribution is 2.34. The average molecular weight is 341 g/mol. The molecule has 0 bridgehead atoms. The molecule has 1 saturated heterocycles. The lowest BCUT2D eigenvalue weighted by Gasteiger charge is -2.34. The highest BCUT2D eigenvalue weighted by atomic mass is 16.6. The second-order valence-electron chi connectivity index (χ2n) is 5.94. The van der Waals surface area contributed by atoms with Crippen LogP contribution in [0.2, 0.25) is 0 Å². The number of imidazole rings is 1. The first-order valence-electron chi connectivity index (χ1n) is 7.25. The molecule has 1 fully saturated rings. The van der Waals surface area contributed by atoms with Crippen LogP contribution in [-0.2, 0) is 4.74 Å². The van der Waals surface area contributed by atoms with Crippen LogP contribution in [0.25, 0.3) is 11.2 Å². The summed E-state index contributed by atoms with van der Waals surface area (Å²) in [5.41, 5.74) is 4.10. The summed E-state index contributed by atoms with van der Waals surface area (Å²) in [6.45, 7) is 0.503. The molecule has 0 aliphatic carbocycles. The van der Waals surface area contributed by atoms with Crippen molar-refractivity contribution in [2.24, 2.45) is 0 Å². The van der Waals surface area contributed by atoms with Crippen molar-refractivity contribution in [2.75, 3.05) is 12.3 Å². The molecule has 0 unspecified atom stereocenters. The molecule has 7 N–H and O–H groups in total. The molecular formula is C13H19N5O6. The molecule has 1 aliphatic rings. The topological polar surface area (TPSA) is 180 Å². The third-order valence-corrected chi connectivity index (χ3v) is 4.32. The summed E-state index contributed by atoms with van der Waals surface area (Å²) in [4.78, 5) is 11.9. The van der Waals surface area contributed by atoms with Crippen LogP contribution in [-0.4, -0.2) is 81.7 Å². The third-order valence-electron chi connectivity index (χ3n) is 4.32. The molecular weight excluding hydrogens is 322 g/mol. The van der Waals surface area contributed by atoms with Gasteiger partial charge in [-0.2, -0.15) is 0 Å². The summed E-state index contributed by atoms with van der Waals surface area (Å²) in [6.07, 6.45) is -5.09. The molecule has 1 aliphatic heterocycles. The van der Waals surface area contributed by atoms with Crippen molar-refractivity contribution in [3.63, 3.8) is 0 Å². The molecule has 2 aromatic rings. The molecule has 0 amide bonds. The summed E-state index contributed by atoms with van der Waals surface area (Å²) in [6, 6.07) is 0. The molecule has 0 aromatic carbocycles. The first-order valence-corrected chi connectivity index (χ1v) is 7.25. The molecule has 3 heterocycles. The maximum Gasteiger partial charge on any atom is 0.167 e. The van der Waals surface area contributed by atoms with Crippen LogP contribution in [0.1, 0.15) is 13.2 Å². The van der Waals surface area contributed by atoms with Crippen LogP contribution < -0.4 is 5.73 Å². The van der Waals surface area contributed by atoms with E-state index < -0.39 is 42.9 Å². The van der Waals surface area contributed by atoms with E-state index in [1.807, 2.05) is 0 Å². The van der Waals surface area contributed by atoms with E-state index in [9.17, 15) is 25.5 Å². The Hall–Kier alpha value is -1.89. The second kappa shape index (κ2) is 5.88. The highest BCUT2D eigenvalue weighted by molar-refractivity contribution is 5.81. The maximum absolute atomic E-state index is 10.4. The van der Waals surface area contributed by atoms with Crippen LogP contribution >= 0.6 is 0 Å². The van der Waals surface area contributed by atoms with Crippen LogP contribution in [0.4, 0.5) is 5.82 Å². The lowest BCUT2D eigenvalue weighted by atomic mass is 9.87. The summed E-state index contributed by atoms with van der Waals surface area (Å²) >= 11 is 0. The Labute approximate surface area is 136 Å². The predicted octanol–water partition coefficient (Wildman–Crippen LogP) is -2.87. The Kier molecular flexibility index (Phi) is 4.15. The fourth-order valence-corrected chi connectivity index (χ4v) is 2.82. The summed E-state index contributed by atoms with van der Waals surface area (Å²) < 4.78 is 6.82. The molecule has 24 heavy (non-hydrogen) atoms. The van der Waals surface area contributed by atoms with Gasteiger partial charge in [0.25, 0.3) is 0 Å². The van der Waals surface area contributed by atoms with Crippen molar-refractivity contribution in [2.45, 2.75) is 43.2 Å². The number of rotatable bonds is 2. The van der Waals surface area contributed by atoms with Crippen LogP contribution in [0, 0.1) is 0 Å². The van der Waals surface area contributed by atoms with E-state index >= 15 is 0 Å². The van der Waals surface area contributed by atoms with Gasteiger partial charge in [-0.05, 0) is 6.92 Å². The zero-order valence-electron chi connectivity index (χ0n) is 12.8. The fourth-order valence-electron chi connectivity index (χ4n) is 2.82. The number of nitrogens with zero attached hydrogens (tertiary/aromatic N) is 4. The van der Waals surface area contributed by atoms with Gasteiger partial charge >= 0.3 is 0 Å². The van der Waals surface area contributed by atoms with Gasteiger partial charge in [-0.1, -0.05) is 0 Å². The molecule has 0 saturated carbocycles. The number of ether oxygens (including phenoxy) is 1. The molecule has 11 heteroatoms. The van der Waals surface area contributed by atoms with E-state index in [-0.39, 0.29) is 17.0 Å². The predicted molar refractivity (Wildman–Crippen MR) is 79.4 cm³/mol. The van der Waals surface area contributed by atoms with Gasteiger partial charge in [-0.15, -0.1) is 0 Å². The number of aliphatic hydroxyl groups is 5. The average Bonchev–Trinajstić information content (AvgIpc) is 2.97. The van der Waals surface area contributed by atoms with Gasteiger partial charge < -0.3 is 36.0 Å². The summed E-state index contributed by atoms with van der Waals surface area (Å²) in [7, 11) is 0. The molecule has 132 valence electrons. The fraction of sp³-hybridized carbons (Fsp3) is 0.615. The van der Waals surface area contributed by atoms with E-state index in [0.29, 0.717) is 0 Å². The Morgan fingerprint density at radius 2 is 1.96 bits per heavy atom. The SMILES string of the molecule is C[C@]1(O)[C@H](O)[C@@H](CO)O[C@@H](n2cnc3c(N)ncnc32)[C@H](O)[C@@H]1O. The van der Waals surface area contributed by atoms with Crippen molar-refractivity contribution in [3.05, 3.63) is 12.7 Å². The van der Waals surface area contributed by atoms with Crippen molar-refractivity contribution in [3.8, 4) is 0 Å². The van der Waals surface area contributed by atoms with Crippen LogP contribution in [0.15, 0.2) is 12.7 Å². The smallest absolute Gasteiger partial charge is 0.167 e. The van der Waals surface area contributed by atoms with Gasteiger partial charge in [0.15, 0.2) is 17.7 Å². The van der Waals surface area contributed by atoms with E-state index in [1.54, 1.807) is 0 Å². The van der Waals surface area contributed by atoms with Crippen molar-refractivity contribution in [1.82, 2.24) is 19.5 Å². The number of fused-ring (bicyclic) bond motifs is 1. The van der Waals surface area contributed by atoms with Gasteiger partial charge in [-0.25, -0.2) is 15.0 Å². The minimum absolute atomic E-state index is 0.119. The number of nitrogen functional groups attached to an aromatic ring is 1. The highest BCUT2D eigenvalue weighted by Gasteiger charge is 2.52.